The molecule has 1 heterocycles. The molecule has 0 saturated carbocycles. The molecule has 0 amide bonds. The summed E-state index contributed by atoms with van der Waals surface area (Å²) in [6.45, 7) is 1.66. The van der Waals surface area contributed by atoms with Crippen molar-refractivity contribution in [3.05, 3.63) is 95.3 Å². The Morgan fingerprint density at radius 2 is 1.73 bits per heavy atom. The Balaban J connectivity index is 1.78. The van der Waals surface area contributed by atoms with Crippen LogP contribution in [-0.4, -0.2) is 30.2 Å². The summed E-state index contributed by atoms with van der Waals surface area (Å²) in [6, 6.07) is 18.1. The molecule has 0 aliphatic heterocycles. The van der Waals surface area contributed by atoms with E-state index in [1.807, 2.05) is 30.3 Å². The lowest BCUT2D eigenvalue weighted by atomic mass is 9.93. The van der Waals surface area contributed by atoms with Gasteiger partial charge in [0.1, 0.15) is 0 Å². The van der Waals surface area contributed by atoms with Gasteiger partial charge in [-0.25, -0.2) is 8.42 Å². The first-order chi connectivity index (χ1) is 14.3. The van der Waals surface area contributed by atoms with Crippen LogP contribution >= 0.6 is 0 Å². The van der Waals surface area contributed by atoms with Crippen LogP contribution in [0, 0.1) is 0 Å². The maximum Gasteiger partial charge on any atom is 0.310 e. The minimum absolute atomic E-state index is 0.0493. The topological polar surface area (TPSA) is 84.3 Å². The van der Waals surface area contributed by atoms with Crippen LogP contribution in [-0.2, 0) is 27.5 Å². The van der Waals surface area contributed by atoms with Crippen molar-refractivity contribution in [1.29, 1.82) is 0 Å². The molecule has 156 valence electrons. The highest BCUT2D eigenvalue weighted by atomic mass is 32.2. The van der Waals surface area contributed by atoms with Gasteiger partial charge in [-0.2, -0.15) is 0 Å². The number of rotatable bonds is 9. The minimum Gasteiger partial charge on any atom is -0.481 e. The van der Waals surface area contributed by atoms with Crippen LogP contribution < -0.4 is 0 Å². The average molecular weight is 424 g/mol. The first-order valence-corrected chi connectivity index (χ1v) is 11.5. The van der Waals surface area contributed by atoms with Gasteiger partial charge in [0, 0.05) is 12.4 Å². The van der Waals surface area contributed by atoms with E-state index in [0.717, 1.165) is 22.3 Å². The molecule has 30 heavy (non-hydrogen) atoms. The van der Waals surface area contributed by atoms with Gasteiger partial charge in [-0.1, -0.05) is 42.5 Å². The van der Waals surface area contributed by atoms with Crippen molar-refractivity contribution in [2.45, 2.75) is 37.0 Å². The van der Waals surface area contributed by atoms with Crippen LogP contribution in [0.3, 0.4) is 0 Å². The number of carboxylic acids is 1. The second-order valence-corrected chi connectivity index (χ2v) is 9.53. The van der Waals surface area contributed by atoms with Gasteiger partial charge < -0.3 is 5.11 Å². The maximum absolute atomic E-state index is 12.5. The van der Waals surface area contributed by atoms with Gasteiger partial charge in [0.05, 0.1) is 16.6 Å². The van der Waals surface area contributed by atoms with E-state index in [1.54, 1.807) is 49.6 Å². The summed E-state index contributed by atoms with van der Waals surface area (Å²) >= 11 is 0. The predicted molar refractivity (Wildman–Crippen MR) is 116 cm³/mol. The molecule has 0 aliphatic rings. The van der Waals surface area contributed by atoms with Crippen molar-refractivity contribution in [3.63, 3.8) is 0 Å². The van der Waals surface area contributed by atoms with Crippen molar-refractivity contribution >= 4 is 15.8 Å². The monoisotopic (exact) mass is 423 g/mol. The van der Waals surface area contributed by atoms with Gasteiger partial charge in [-0.05, 0) is 66.6 Å². The number of aryl methyl sites for hydroxylation is 1. The largest absolute Gasteiger partial charge is 0.481 e. The molecule has 1 N–H and O–H groups in total. The average Bonchev–Trinajstić information content (AvgIpc) is 2.74. The number of hydrogen-bond donors (Lipinski definition) is 1. The number of aliphatic carboxylic acids is 1. The third kappa shape index (κ3) is 5.76. The van der Waals surface area contributed by atoms with E-state index in [0.29, 0.717) is 24.2 Å². The van der Waals surface area contributed by atoms with E-state index in [-0.39, 0.29) is 5.75 Å². The van der Waals surface area contributed by atoms with E-state index in [4.69, 9.17) is 0 Å². The van der Waals surface area contributed by atoms with Crippen molar-refractivity contribution in [2.75, 3.05) is 5.75 Å². The second-order valence-electron chi connectivity index (χ2n) is 7.42. The molecule has 0 spiro atoms. The van der Waals surface area contributed by atoms with E-state index in [2.05, 4.69) is 4.98 Å². The van der Waals surface area contributed by atoms with Crippen LogP contribution in [0.25, 0.3) is 0 Å². The summed E-state index contributed by atoms with van der Waals surface area (Å²) in [5, 5.41) is 9.43. The highest BCUT2D eigenvalue weighted by Gasteiger charge is 2.17. The Morgan fingerprint density at radius 1 is 1.00 bits per heavy atom. The predicted octanol–water partition coefficient (Wildman–Crippen LogP) is 4.27. The zero-order valence-electron chi connectivity index (χ0n) is 16.9. The Morgan fingerprint density at radius 3 is 2.40 bits per heavy atom. The molecule has 1 atom stereocenters. The number of hydrogen-bond acceptors (Lipinski definition) is 4. The maximum atomic E-state index is 12.5. The van der Waals surface area contributed by atoms with Crippen LogP contribution in [0.15, 0.2) is 78.0 Å². The molecule has 3 aromatic rings. The zero-order chi connectivity index (χ0) is 21.6. The first kappa shape index (κ1) is 21.7. The number of carboxylic acid groups (broad SMARTS) is 1. The molecule has 1 aromatic heterocycles. The lowest BCUT2D eigenvalue weighted by molar-refractivity contribution is -0.138. The normalized spacial score (nSPS) is 12.4. The molecule has 1 unspecified atom stereocenters. The van der Waals surface area contributed by atoms with Crippen molar-refractivity contribution in [1.82, 2.24) is 4.98 Å². The fourth-order valence-corrected chi connectivity index (χ4v) is 4.71. The van der Waals surface area contributed by atoms with Gasteiger partial charge in [-0.15, -0.1) is 0 Å². The van der Waals surface area contributed by atoms with Gasteiger partial charge >= 0.3 is 5.97 Å². The van der Waals surface area contributed by atoms with Gasteiger partial charge in [-0.3, -0.25) is 9.78 Å². The van der Waals surface area contributed by atoms with Gasteiger partial charge in [0.25, 0.3) is 0 Å². The molecule has 0 bridgehead atoms. The Bertz CT molecular complexity index is 1100. The highest BCUT2D eigenvalue weighted by molar-refractivity contribution is 7.91. The number of nitrogens with zero attached hydrogens (tertiary/aromatic N) is 1. The van der Waals surface area contributed by atoms with E-state index < -0.39 is 21.7 Å². The number of benzene rings is 2. The SMILES string of the molecule is CC(C(=O)O)c1cc(CCCS(=O)(=O)c2ccccc2)cc(Cc2cccnc2)c1. The van der Waals surface area contributed by atoms with Crippen LogP contribution in [0.2, 0.25) is 0 Å². The minimum atomic E-state index is -3.33. The second kappa shape index (κ2) is 9.67. The lowest BCUT2D eigenvalue weighted by Gasteiger charge is -2.13. The molecule has 3 rings (SSSR count). The van der Waals surface area contributed by atoms with E-state index in [1.165, 1.54) is 0 Å². The fraction of sp³-hybridized carbons (Fsp3) is 0.250. The van der Waals surface area contributed by atoms with E-state index in [9.17, 15) is 18.3 Å². The molecular weight excluding hydrogens is 398 g/mol. The molecule has 0 aliphatic carbocycles. The lowest BCUT2D eigenvalue weighted by Crippen LogP contribution is -2.10. The summed E-state index contributed by atoms with van der Waals surface area (Å²) < 4.78 is 25.0. The molecule has 6 heteroatoms. The summed E-state index contributed by atoms with van der Waals surface area (Å²) in [6.07, 6.45) is 5.18. The first-order valence-electron chi connectivity index (χ1n) is 9.87. The van der Waals surface area contributed by atoms with Gasteiger partial charge in [0.2, 0.25) is 0 Å². The zero-order valence-corrected chi connectivity index (χ0v) is 17.7. The third-order valence-electron chi connectivity index (χ3n) is 5.06. The molecule has 0 saturated heterocycles. The van der Waals surface area contributed by atoms with E-state index >= 15 is 0 Å². The number of aromatic nitrogens is 1. The number of sulfone groups is 1. The Hall–Kier alpha value is -2.99. The molecule has 5 nitrogen and oxygen atoms in total. The molecule has 0 radical (unpaired) electrons. The summed E-state index contributed by atoms with van der Waals surface area (Å²) in [7, 11) is -3.33. The van der Waals surface area contributed by atoms with Crippen LogP contribution in [0.5, 0.6) is 0 Å². The Kier molecular flexibility index (Phi) is 7.00. The van der Waals surface area contributed by atoms with Gasteiger partial charge in [0.15, 0.2) is 9.84 Å². The standard InChI is InChI=1S/C24H25NO4S/c1-18(24(26)27)22-15-19(13-21(16-22)14-20-7-5-11-25-17-20)8-6-12-30(28,29)23-9-3-2-4-10-23/h2-5,7,9-11,13,15-18H,6,8,12,14H2,1H3,(H,26,27). The van der Waals surface area contributed by atoms with Crippen LogP contribution in [0.1, 0.15) is 41.5 Å². The van der Waals surface area contributed by atoms with Crippen LogP contribution in [0.4, 0.5) is 0 Å². The quantitative estimate of drug-likeness (QED) is 0.556. The summed E-state index contributed by atoms with van der Waals surface area (Å²) in [5.41, 5.74) is 3.71. The van der Waals surface area contributed by atoms with Crippen molar-refractivity contribution in [2.24, 2.45) is 0 Å². The number of carbonyl (C=O) groups is 1. The summed E-state index contributed by atoms with van der Waals surface area (Å²) in [5.74, 6) is -1.47. The molecular formula is C24H25NO4S. The van der Waals surface area contributed by atoms with Crippen molar-refractivity contribution < 1.29 is 18.3 Å². The molecule has 2 aromatic carbocycles. The summed E-state index contributed by atoms with van der Waals surface area (Å²) in [4.78, 5) is 16.0. The fourth-order valence-electron chi connectivity index (χ4n) is 3.38. The third-order valence-corrected chi connectivity index (χ3v) is 6.87. The molecule has 0 fully saturated rings. The van der Waals surface area contributed by atoms with Crippen molar-refractivity contribution in [3.8, 4) is 0 Å². The Labute approximate surface area is 177 Å². The smallest absolute Gasteiger partial charge is 0.310 e. The number of pyridine rings is 1. The highest BCUT2D eigenvalue weighted by Crippen LogP contribution is 2.23.